The van der Waals surface area contributed by atoms with Gasteiger partial charge in [-0.2, -0.15) is 0 Å². The number of carboxylic acids is 1. The Morgan fingerprint density at radius 2 is 2.39 bits per heavy atom. The number of nitrogens with one attached hydrogen (secondary N) is 1. The molecule has 2 heterocycles. The molecule has 1 aliphatic heterocycles. The molecule has 1 atom stereocenters. The fourth-order valence-electron chi connectivity index (χ4n) is 2.66. The highest BCUT2D eigenvalue weighted by atomic mass is 16.4. The number of aromatic amines is 1. The van der Waals surface area contributed by atoms with Crippen molar-refractivity contribution < 1.29 is 9.90 Å². The zero-order valence-electron chi connectivity index (χ0n) is 10.6. The van der Waals surface area contributed by atoms with E-state index in [0.717, 1.165) is 6.42 Å². The summed E-state index contributed by atoms with van der Waals surface area (Å²) < 4.78 is 0. The molecule has 98 valence electrons. The van der Waals surface area contributed by atoms with E-state index < -0.39 is 11.5 Å². The maximum absolute atomic E-state index is 11.6. The molecule has 2 N–H and O–H groups in total. The van der Waals surface area contributed by atoms with Crippen molar-refractivity contribution in [3.05, 3.63) is 22.2 Å². The second-order valence-electron chi connectivity index (χ2n) is 4.63. The van der Waals surface area contributed by atoms with Crippen LogP contribution in [0.25, 0.3) is 0 Å². The van der Waals surface area contributed by atoms with Gasteiger partial charge in [-0.15, -0.1) is 0 Å². The molecule has 0 amide bonds. The Labute approximate surface area is 105 Å². The number of H-pyrrole nitrogens is 1. The van der Waals surface area contributed by atoms with E-state index in [4.69, 9.17) is 0 Å². The molecule has 0 saturated carbocycles. The highest BCUT2D eigenvalue weighted by Crippen LogP contribution is 2.35. The molecule has 1 aliphatic rings. The van der Waals surface area contributed by atoms with Crippen LogP contribution in [0.5, 0.6) is 0 Å². The maximum atomic E-state index is 11.6. The first kappa shape index (κ1) is 12.6. The number of aliphatic carboxylic acids is 1. The number of hydrogen-bond donors (Lipinski definition) is 2. The summed E-state index contributed by atoms with van der Waals surface area (Å²) in [5, 5.41) is 9.48. The minimum absolute atomic E-state index is 0.250. The third kappa shape index (κ3) is 1.87. The number of aromatic nitrogens is 2. The van der Waals surface area contributed by atoms with Crippen LogP contribution >= 0.6 is 0 Å². The second-order valence-corrected chi connectivity index (χ2v) is 4.63. The van der Waals surface area contributed by atoms with Gasteiger partial charge in [0.15, 0.2) is 0 Å². The Bertz CT molecular complexity index is 526. The molecule has 1 aromatic heterocycles. The highest BCUT2D eigenvalue weighted by Gasteiger charge is 2.46. The summed E-state index contributed by atoms with van der Waals surface area (Å²) in [5.41, 5.74) is -1.17. The first-order valence-corrected chi connectivity index (χ1v) is 6.08. The molecule has 6 nitrogen and oxygen atoms in total. The van der Waals surface area contributed by atoms with Crippen molar-refractivity contribution >= 4 is 11.8 Å². The molecule has 18 heavy (non-hydrogen) atoms. The number of hydrogen-bond acceptors (Lipinski definition) is 4. The summed E-state index contributed by atoms with van der Waals surface area (Å²) in [6, 6.07) is 1.37. The fourth-order valence-corrected chi connectivity index (χ4v) is 2.66. The lowest BCUT2D eigenvalue weighted by Gasteiger charge is -2.34. The highest BCUT2D eigenvalue weighted by molar-refractivity contribution is 5.84. The molecule has 0 bridgehead atoms. The number of rotatable bonds is 3. The van der Waals surface area contributed by atoms with E-state index in [1.54, 1.807) is 11.8 Å². The van der Waals surface area contributed by atoms with E-state index in [0.29, 0.717) is 31.0 Å². The third-order valence-corrected chi connectivity index (χ3v) is 3.59. The molecule has 6 heteroatoms. The van der Waals surface area contributed by atoms with Gasteiger partial charge in [0.25, 0.3) is 5.56 Å². The number of anilines is 1. The van der Waals surface area contributed by atoms with Crippen molar-refractivity contribution in [3.63, 3.8) is 0 Å². The zero-order chi connectivity index (χ0) is 13.3. The molecule has 0 aromatic carbocycles. The molecular weight excluding hydrogens is 234 g/mol. The maximum Gasteiger partial charge on any atom is 0.329 e. The van der Waals surface area contributed by atoms with Crippen LogP contribution in [0.2, 0.25) is 0 Å². The van der Waals surface area contributed by atoms with Gasteiger partial charge in [0.1, 0.15) is 17.2 Å². The van der Waals surface area contributed by atoms with E-state index in [1.807, 2.05) is 6.92 Å². The Kier molecular flexibility index (Phi) is 3.11. The van der Waals surface area contributed by atoms with Crippen molar-refractivity contribution in [2.24, 2.45) is 0 Å². The molecule has 2 rings (SSSR count). The number of carboxylic acid groups (broad SMARTS) is 1. The van der Waals surface area contributed by atoms with Crippen LogP contribution in [0, 0.1) is 6.92 Å². The summed E-state index contributed by atoms with van der Waals surface area (Å²) in [6.07, 6.45) is 1.88. The third-order valence-electron chi connectivity index (χ3n) is 3.59. The van der Waals surface area contributed by atoms with Gasteiger partial charge in [-0.25, -0.2) is 9.78 Å². The van der Waals surface area contributed by atoms with E-state index >= 15 is 0 Å². The van der Waals surface area contributed by atoms with E-state index in [2.05, 4.69) is 9.97 Å². The Balaban J connectivity index is 2.48. The molecular formula is C12H17N3O3. The van der Waals surface area contributed by atoms with Crippen LogP contribution in [0.4, 0.5) is 5.82 Å². The van der Waals surface area contributed by atoms with Crippen molar-refractivity contribution in [3.8, 4) is 0 Å². The lowest BCUT2D eigenvalue weighted by molar-refractivity contribution is -0.143. The van der Waals surface area contributed by atoms with Gasteiger partial charge in [0.05, 0.1) is 0 Å². The molecule has 1 saturated heterocycles. The van der Waals surface area contributed by atoms with Crippen molar-refractivity contribution in [2.45, 2.75) is 38.6 Å². The van der Waals surface area contributed by atoms with Crippen LogP contribution in [0.3, 0.4) is 0 Å². The van der Waals surface area contributed by atoms with Gasteiger partial charge < -0.3 is 15.0 Å². The van der Waals surface area contributed by atoms with Crippen molar-refractivity contribution in [1.82, 2.24) is 9.97 Å². The zero-order valence-corrected chi connectivity index (χ0v) is 10.6. The summed E-state index contributed by atoms with van der Waals surface area (Å²) in [7, 11) is 0. The van der Waals surface area contributed by atoms with Gasteiger partial charge >= 0.3 is 5.97 Å². The van der Waals surface area contributed by atoms with Crippen LogP contribution in [-0.2, 0) is 4.79 Å². The first-order valence-electron chi connectivity index (χ1n) is 6.08. The second kappa shape index (κ2) is 4.44. The lowest BCUT2D eigenvalue weighted by Crippen LogP contribution is -2.51. The van der Waals surface area contributed by atoms with Gasteiger partial charge in [-0.1, -0.05) is 6.92 Å². The first-order chi connectivity index (χ1) is 8.49. The number of nitrogens with zero attached hydrogens (tertiary/aromatic N) is 2. The lowest BCUT2D eigenvalue weighted by atomic mass is 9.93. The molecule has 0 radical (unpaired) electrons. The number of carbonyl (C=O) groups is 1. The van der Waals surface area contributed by atoms with Gasteiger partial charge in [0, 0.05) is 12.6 Å². The Morgan fingerprint density at radius 3 is 2.94 bits per heavy atom. The molecule has 0 aliphatic carbocycles. The Morgan fingerprint density at radius 1 is 1.67 bits per heavy atom. The average molecular weight is 251 g/mol. The molecule has 1 unspecified atom stereocenters. The SMILES string of the molecule is CCC1(C(=O)O)CCCN1c1cc(=O)[nH]c(C)n1. The van der Waals surface area contributed by atoms with E-state index in [9.17, 15) is 14.7 Å². The molecule has 1 fully saturated rings. The Hall–Kier alpha value is -1.85. The topological polar surface area (TPSA) is 86.3 Å². The van der Waals surface area contributed by atoms with Crippen LogP contribution in [0.15, 0.2) is 10.9 Å². The van der Waals surface area contributed by atoms with E-state index in [-0.39, 0.29) is 5.56 Å². The van der Waals surface area contributed by atoms with Crippen LogP contribution in [-0.4, -0.2) is 33.1 Å². The summed E-state index contributed by atoms with van der Waals surface area (Å²) in [4.78, 5) is 31.6. The molecule has 1 aromatic rings. The monoisotopic (exact) mass is 251 g/mol. The van der Waals surface area contributed by atoms with Crippen LogP contribution in [0.1, 0.15) is 32.0 Å². The quantitative estimate of drug-likeness (QED) is 0.834. The predicted molar refractivity (Wildman–Crippen MR) is 66.8 cm³/mol. The fraction of sp³-hybridized carbons (Fsp3) is 0.583. The van der Waals surface area contributed by atoms with Gasteiger partial charge in [0.2, 0.25) is 0 Å². The minimum atomic E-state index is -0.923. The number of aryl methyl sites for hydroxylation is 1. The minimum Gasteiger partial charge on any atom is -0.479 e. The normalized spacial score (nSPS) is 23.3. The van der Waals surface area contributed by atoms with E-state index in [1.165, 1.54) is 6.07 Å². The van der Waals surface area contributed by atoms with Gasteiger partial charge in [-0.05, 0) is 26.2 Å². The predicted octanol–water partition coefficient (Wildman–Crippen LogP) is 0.912. The standard InChI is InChI=1S/C12H17N3O3/c1-3-12(11(17)18)5-4-6-15(12)9-7-10(16)14-8(2)13-9/h7H,3-6H2,1-2H3,(H,17,18)(H,13,14,16). The smallest absolute Gasteiger partial charge is 0.329 e. The largest absolute Gasteiger partial charge is 0.479 e. The molecule has 0 spiro atoms. The van der Waals surface area contributed by atoms with Crippen LogP contribution < -0.4 is 10.5 Å². The summed E-state index contributed by atoms with van der Waals surface area (Å²) in [5.74, 6) is 0.111. The van der Waals surface area contributed by atoms with Gasteiger partial charge in [-0.3, -0.25) is 4.79 Å². The average Bonchev–Trinajstić information content (AvgIpc) is 2.72. The van der Waals surface area contributed by atoms with Crippen molar-refractivity contribution in [2.75, 3.05) is 11.4 Å². The summed E-state index contributed by atoms with van der Waals surface area (Å²) in [6.45, 7) is 4.16. The summed E-state index contributed by atoms with van der Waals surface area (Å²) >= 11 is 0. The van der Waals surface area contributed by atoms with Crippen molar-refractivity contribution in [1.29, 1.82) is 0 Å².